The quantitative estimate of drug-likeness (QED) is 0.371. The fraction of sp³-hybridized carbons (Fsp3) is 0.250. The highest BCUT2D eigenvalue weighted by Gasteiger charge is 2.18. The Balaban J connectivity index is 1.55. The van der Waals surface area contributed by atoms with Crippen LogP contribution in [0.5, 0.6) is 17.2 Å². The van der Waals surface area contributed by atoms with E-state index in [9.17, 15) is 4.79 Å². The van der Waals surface area contributed by atoms with Crippen LogP contribution in [0.15, 0.2) is 52.6 Å². The first-order valence-electron chi connectivity index (χ1n) is 10.6. The largest absolute Gasteiger partial charge is 0.493 e. The Morgan fingerprint density at radius 2 is 1.74 bits per heavy atom. The van der Waals surface area contributed by atoms with Gasteiger partial charge < -0.3 is 19.5 Å². The zero-order valence-corrected chi connectivity index (χ0v) is 20.4. The highest BCUT2D eigenvalue weighted by molar-refractivity contribution is 7.99. The van der Waals surface area contributed by atoms with Crippen molar-refractivity contribution in [3.8, 4) is 17.2 Å². The molecule has 4 rings (SSSR count). The van der Waals surface area contributed by atoms with Crippen LogP contribution in [0.4, 0.5) is 5.69 Å². The van der Waals surface area contributed by atoms with E-state index in [1.54, 1.807) is 28.4 Å². The van der Waals surface area contributed by atoms with Crippen LogP contribution < -0.4 is 19.5 Å². The summed E-state index contributed by atoms with van der Waals surface area (Å²) in [5.41, 5.74) is 3.12. The third kappa shape index (κ3) is 4.49. The summed E-state index contributed by atoms with van der Waals surface area (Å²) in [5, 5.41) is 8.22. The lowest BCUT2D eigenvalue weighted by atomic mass is 10.1. The first-order chi connectivity index (χ1) is 16.5. The van der Waals surface area contributed by atoms with E-state index in [1.165, 1.54) is 27.7 Å². The topological polar surface area (TPSA) is 99.9 Å². The van der Waals surface area contributed by atoms with Gasteiger partial charge in [-0.05, 0) is 49.7 Å². The molecule has 0 radical (unpaired) electrons. The summed E-state index contributed by atoms with van der Waals surface area (Å²) in [6.07, 6.45) is 2.34. The maximum absolute atomic E-state index is 12.9. The van der Waals surface area contributed by atoms with Crippen molar-refractivity contribution in [3.63, 3.8) is 0 Å². The van der Waals surface area contributed by atoms with Crippen LogP contribution in [0.1, 0.15) is 28.5 Å². The van der Waals surface area contributed by atoms with Gasteiger partial charge in [0.25, 0.3) is 11.7 Å². The van der Waals surface area contributed by atoms with Crippen LogP contribution in [0.25, 0.3) is 5.78 Å². The zero-order chi connectivity index (χ0) is 24.2. The molecule has 2 heterocycles. The fourth-order valence-corrected chi connectivity index (χ4v) is 4.73. The second-order valence-corrected chi connectivity index (χ2v) is 8.36. The van der Waals surface area contributed by atoms with E-state index in [1.807, 2.05) is 31.2 Å². The second-order valence-electron chi connectivity index (χ2n) is 7.30. The average Bonchev–Trinajstić information content (AvgIpc) is 3.32. The van der Waals surface area contributed by atoms with Crippen molar-refractivity contribution in [2.75, 3.05) is 26.6 Å². The normalized spacial score (nSPS) is 10.9. The summed E-state index contributed by atoms with van der Waals surface area (Å²) < 4.78 is 17.8. The first-order valence-corrected chi connectivity index (χ1v) is 11.4. The molecule has 0 fully saturated rings. The Labute approximate surface area is 201 Å². The lowest BCUT2D eigenvalue weighted by Crippen LogP contribution is -2.12. The highest BCUT2D eigenvalue weighted by Crippen LogP contribution is 2.38. The van der Waals surface area contributed by atoms with Gasteiger partial charge in [0.15, 0.2) is 11.5 Å². The molecule has 0 spiro atoms. The van der Waals surface area contributed by atoms with Gasteiger partial charge in [-0.1, -0.05) is 18.7 Å². The molecule has 0 atom stereocenters. The zero-order valence-electron chi connectivity index (χ0n) is 19.6. The molecule has 2 aromatic carbocycles. The lowest BCUT2D eigenvalue weighted by Gasteiger charge is -2.14. The van der Waals surface area contributed by atoms with Crippen LogP contribution in [0.2, 0.25) is 0 Å². The lowest BCUT2D eigenvalue weighted by molar-refractivity contribution is 0.102. The second kappa shape index (κ2) is 10.0. The number of ether oxygens (including phenoxy) is 3. The number of nitrogens with zero attached hydrogens (tertiary/aromatic N) is 4. The number of carbonyl (C=O) groups is 1. The van der Waals surface area contributed by atoms with Crippen molar-refractivity contribution < 1.29 is 19.0 Å². The Morgan fingerprint density at radius 1 is 1.06 bits per heavy atom. The van der Waals surface area contributed by atoms with Crippen molar-refractivity contribution in [1.82, 2.24) is 19.6 Å². The number of fused-ring (bicyclic) bond motifs is 1. The number of methoxy groups -OCH3 is 3. The molecule has 0 aliphatic heterocycles. The minimum Gasteiger partial charge on any atom is -0.493 e. The summed E-state index contributed by atoms with van der Waals surface area (Å²) in [5.74, 6) is 1.55. The van der Waals surface area contributed by atoms with Crippen LogP contribution in [-0.2, 0) is 6.42 Å². The van der Waals surface area contributed by atoms with Gasteiger partial charge in [0.2, 0.25) is 5.75 Å². The molecule has 0 aliphatic rings. The summed E-state index contributed by atoms with van der Waals surface area (Å²) in [6, 6.07) is 10.8. The van der Waals surface area contributed by atoms with Gasteiger partial charge in [-0.15, -0.1) is 0 Å². The van der Waals surface area contributed by atoms with E-state index < -0.39 is 0 Å². The van der Waals surface area contributed by atoms with Crippen LogP contribution in [0, 0.1) is 6.92 Å². The van der Waals surface area contributed by atoms with Crippen molar-refractivity contribution >= 4 is 29.1 Å². The average molecular weight is 480 g/mol. The maximum atomic E-state index is 12.9. The van der Waals surface area contributed by atoms with Gasteiger partial charge in [-0.25, -0.2) is 4.98 Å². The van der Waals surface area contributed by atoms with Gasteiger partial charge in [-0.3, -0.25) is 4.79 Å². The molecule has 1 N–H and O–H groups in total. The summed E-state index contributed by atoms with van der Waals surface area (Å²) in [6.45, 7) is 4.08. The van der Waals surface area contributed by atoms with Gasteiger partial charge in [0.05, 0.1) is 21.3 Å². The molecule has 9 nitrogen and oxygen atoms in total. The number of benzene rings is 2. The van der Waals surface area contributed by atoms with Crippen LogP contribution >= 0.6 is 11.8 Å². The van der Waals surface area contributed by atoms with E-state index in [4.69, 9.17) is 14.2 Å². The van der Waals surface area contributed by atoms with E-state index >= 15 is 0 Å². The minimum absolute atomic E-state index is 0.290. The van der Waals surface area contributed by atoms with Crippen molar-refractivity contribution in [2.45, 2.75) is 30.2 Å². The molecule has 0 aliphatic carbocycles. The third-order valence-electron chi connectivity index (χ3n) is 5.29. The smallest absolute Gasteiger partial charge is 0.255 e. The van der Waals surface area contributed by atoms with Crippen LogP contribution in [0.3, 0.4) is 0 Å². The molecule has 0 bridgehead atoms. The standard InChI is InChI=1S/C24H25N5O4S/c1-6-18-14(2)27-24-25-13-26-29(24)23(18)34-17-9-7-16(8-10-17)28-22(30)15-11-19(31-3)21(33-5)20(12-15)32-4/h7-13H,6H2,1-5H3,(H,28,30). The summed E-state index contributed by atoms with van der Waals surface area (Å²) >= 11 is 1.59. The number of hydrogen-bond donors (Lipinski definition) is 1. The third-order valence-corrected chi connectivity index (χ3v) is 6.41. The van der Waals surface area contributed by atoms with E-state index in [0.717, 1.165) is 27.6 Å². The van der Waals surface area contributed by atoms with E-state index in [-0.39, 0.29) is 5.91 Å². The number of amides is 1. The molecular weight excluding hydrogens is 454 g/mol. The molecule has 1 amide bonds. The Kier molecular flexibility index (Phi) is 6.87. The Hall–Kier alpha value is -3.79. The first kappa shape index (κ1) is 23.4. The molecule has 0 saturated carbocycles. The fourth-order valence-electron chi connectivity index (χ4n) is 3.60. The highest BCUT2D eigenvalue weighted by atomic mass is 32.2. The Morgan fingerprint density at radius 3 is 2.32 bits per heavy atom. The molecule has 0 unspecified atom stereocenters. The van der Waals surface area contributed by atoms with Crippen molar-refractivity contribution in [3.05, 3.63) is 59.5 Å². The number of anilines is 1. The minimum atomic E-state index is -0.290. The summed E-state index contributed by atoms with van der Waals surface area (Å²) in [4.78, 5) is 22.6. The molecule has 34 heavy (non-hydrogen) atoms. The monoisotopic (exact) mass is 479 g/mol. The number of aromatic nitrogens is 4. The molecule has 10 heteroatoms. The van der Waals surface area contributed by atoms with Gasteiger partial charge in [0, 0.05) is 27.4 Å². The molecule has 176 valence electrons. The maximum Gasteiger partial charge on any atom is 0.255 e. The molecule has 2 aromatic heterocycles. The number of rotatable bonds is 8. The molecule has 0 saturated heterocycles. The Bertz CT molecular complexity index is 1310. The van der Waals surface area contributed by atoms with E-state index in [2.05, 4.69) is 27.3 Å². The van der Waals surface area contributed by atoms with Crippen molar-refractivity contribution in [1.29, 1.82) is 0 Å². The van der Waals surface area contributed by atoms with Gasteiger partial charge in [-0.2, -0.15) is 14.6 Å². The number of aryl methyl sites for hydroxylation is 1. The number of nitrogens with one attached hydrogen (secondary N) is 1. The predicted molar refractivity (Wildman–Crippen MR) is 130 cm³/mol. The predicted octanol–water partition coefficient (Wildman–Crippen LogP) is 4.42. The van der Waals surface area contributed by atoms with Gasteiger partial charge >= 0.3 is 0 Å². The van der Waals surface area contributed by atoms with Crippen LogP contribution in [-0.4, -0.2) is 46.8 Å². The summed E-state index contributed by atoms with van der Waals surface area (Å²) in [7, 11) is 4.54. The molecule has 4 aromatic rings. The SMILES string of the molecule is CCc1c(C)nc2ncnn2c1Sc1ccc(NC(=O)c2cc(OC)c(OC)c(OC)c2)cc1. The molecular formula is C24H25N5O4S. The van der Waals surface area contributed by atoms with E-state index in [0.29, 0.717) is 34.3 Å². The van der Waals surface area contributed by atoms with Gasteiger partial charge in [0.1, 0.15) is 11.4 Å². The number of carbonyl (C=O) groups excluding carboxylic acids is 1. The number of hydrogen-bond acceptors (Lipinski definition) is 8. The van der Waals surface area contributed by atoms with Crippen molar-refractivity contribution in [2.24, 2.45) is 0 Å².